The quantitative estimate of drug-likeness (QED) is 0.636. The van der Waals surface area contributed by atoms with Crippen LogP contribution in [0.2, 0.25) is 0 Å². The van der Waals surface area contributed by atoms with E-state index in [1.54, 1.807) is 4.68 Å². The highest BCUT2D eigenvalue weighted by Gasteiger charge is 2.09. The van der Waals surface area contributed by atoms with Crippen molar-refractivity contribution in [3.05, 3.63) is 5.82 Å². The van der Waals surface area contributed by atoms with Crippen molar-refractivity contribution in [2.24, 2.45) is 5.73 Å². The molecule has 0 saturated heterocycles. The summed E-state index contributed by atoms with van der Waals surface area (Å²) >= 11 is 4.76. The third-order valence-corrected chi connectivity index (χ3v) is 2.31. The highest BCUT2D eigenvalue weighted by Crippen LogP contribution is 1.96. The predicted octanol–water partition coefficient (Wildman–Crippen LogP) is -0.896. The molecular weight excluding hydrogens is 212 g/mol. The molecule has 0 radical (unpaired) electrons. The normalized spacial score (nSPS) is 13.1. The average molecular weight is 228 g/mol. The van der Waals surface area contributed by atoms with Gasteiger partial charge in [-0.05, 0) is 29.9 Å². The SMILES string of the molecule is CN(C)CCn1nnnc1CC(N)C=S. The minimum atomic E-state index is -0.163. The lowest BCUT2D eigenvalue weighted by molar-refractivity contribution is 0.366. The molecule has 0 saturated carbocycles. The van der Waals surface area contributed by atoms with Gasteiger partial charge < -0.3 is 10.6 Å². The van der Waals surface area contributed by atoms with Gasteiger partial charge in [0, 0.05) is 19.0 Å². The molecule has 1 aromatic rings. The highest BCUT2D eigenvalue weighted by molar-refractivity contribution is 7.79. The molecule has 6 nitrogen and oxygen atoms in total. The zero-order chi connectivity index (χ0) is 11.3. The van der Waals surface area contributed by atoms with Crippen molar-refractivity contribution in [2.45, 2.75) is 19.0 Å². The fourth-order valence-electron chi connectivity index (χ4n) is 1.10. The summed E-state index contributed by atoms with van der Waals surface area (Å²) in [6.07, 6.45) is 0.587. The van der Waals surface area contributed by atoms with E-state index in [2.05, 4.69) is 20.4 Å². The molecule has 0 spiro atoms. The monoisotopic (exact) mass is 228 g/mol. The lowest BCUT2D eigenvalue weighted by Crippen LogP contribution is -2.27. The molecule has 0 aliphatic carbocycles. The van der Waals surface area contributed by atoms with Crippen molar-refractivity contribution in [3.8, 4) is 0 Å². The second-order valence-corrected chi connectivity index (χ2v) is 3.90. The van der Waals surface area contributed by atoms with Gasteiger partial charge in [0.15, 0.2) is 5.82 Å². The fraction of sp³-hybridized carbons (Fsp3) is 0.750. The van der Waals surface area contributed by atoms with Crippen LogP contribution in [-0.4, -0.2) is 57.2 Å². The first kappa shape index (κ1) is 12.2. The Hall–Kier alpha value is -0.920. The van der Waals surface area contributed by atoms with Crippen molar-refractivity contribution in [1.82, 2.24) is 25.1 Å². The van der Waals surface area contributed by atoms with Crippen LogP contribution < -0.4 is 5.73 Å². The first-order valence-corrected chi connectivity index (χ1v) is 5.21. The van der Waals surface area contributed by atoms with E-state index in [9.17, 15) is 0 Å². The number of hydrogen-bond acceptors (Lipinski definition) is 6. The highest BCUT2D eigenvalue weighted by atomic mass is 32.1. The van der Waals surface area contributed by atoms with Crippen molar-refractivity contribution < 1.29 is 0 Å². The zero-order valence-electron chi connectivity index (χ0n) is 9.00. The van der Waals surface area contributed by atoms with Gasteiger partial charge in [-0.2, -0.15) is 0 Å². The number of hydrogen-bond donors (Lipinski definition) is 1. The zero-order valence-corrected chi connectivity index (χ0v) is 9.81. The number of nitrogens with zero attached hydrogens (tertiary/aromatic N) is 5. The minimum absolute atomic E-state index is 0.163. The molecule has 84 valence electrons. The number of tetrazole rings is 1. The standard InChI is InChI=1S/C8H16N6S/c1-13(2)3-4-14-8(10-11-12-14)5-7(9)6-15/h6-7H,3-5,9H2,1-2H3. The van der Waals surface area contributed by atoms with Crippen molar-refractivity contribution in [2.75, 3.05) is 20.6 Å². The van der Waals surface area contributed by atoms with Gasteiger partial charge >= 0.3 is 0 Å². The first-order chi connectivity index (χ1) is 7.13. The van der Waals surface area contributed by atoms with E-state index in [0.717, 1.165) is 18.9 Å². The van der Waals surface area contributed by atoms with Gasteiger partial charge in [-0.15, -0.1) is 5.10 Å². The molecule has 0 aromatic carbocycles. The van der Waals surface area contributed by atoms with Gasteiger partial charge in [-0.1, -0.05) is 12.2 Å². The van der Waals surface area contributed by atoms with Gasteiger partial charge in [-0.25, -0.2) is 4.68 Å². The molecular formula is C8H16N6S. The van der Waals surface area contributed by atoms with Crippen LogP contribution in [0.25, 0.3) is 0 Å². The maximum absolute atomic E-state index is 5.71. The number of likely N-dealkylation sites (N-methyl/N-ethyl adjacent to an activating group) is 1. The second kappa shape index (κ2) is 5.84. The van der Waals surface area contributed by atoms with Crippen LogP contribution in [0.5, 0.6) is 0 Å². The molecule has 15 heavy (non-hydrogen) atoms. The third kappa shape index (κ3) is 3.98. The van der Waals surface area contributed by atoms with Gasteiger partial charge in [0.1, 0.15) is 0 Å². The van der Waals surface area contributed by atoms with Crippen LogP contribution >= 0.6 is 12.2 Å². The summed E-state index contributed by atoms with van der Waals surface area (Å²) in [5.74, 6) is 0.783. The van der Waals surface area contributed by atoms with Crippen molar-refractivity contribution in [3.63, 3.8) is 0 Å². The second-order valence-electron chi connectivity index (χ2n) is 3.63. The van der Waals surface area contributed by atoms with Gasteiger partial charge in [0.2, 0.25) is 0 Å². The summed E-state index contributed by atoms with van der Waals surface area (Å²) in [6.45, 7) is 1.66. The third-order valence-electron chi connectivity index (χ3n) is 1.96. The molecule has 1 heterocycles. The molecule has 0 bridgehead atoms. The molecule has 1 rings (SSSR count). The molecule has 1 aromatic heterocycles. The minimum Gasteiger partial charge on any atom is -0.323 e. The van der Waals surface area contributed by atoms with Crippen LogP contribution in [0.1, 0.15) is 5.82 Å². The number of thiocarbonyl (C=S) groups is 1. The Kier molecular flexibility index (Phi) is 4.73. The molecule has 1 atom stereocenters. The van der Waals surface area contributed by atoms with Crippen molar-refractivity contribution >= 4 is 17.6 Å². The van der Waals surface area contributed by atoms with Gasteiger partial charge in [0.05, 0.1) is 6.54 Å². The van der Waals surface area contributed by atoms with Crippen LogP contribution in [0.15, 0.2) is 0 Å². The Morgan fingerprint density at radius 1 is 1.60 bits per heavy atom. The predicted molar refractivity (Wildman–Crippen MR) is 61.7 cm³/mol. The van der Waals surface area contributed by atoms with Crippen LogP contribution in [-0.2, 0) is 13.0 Å². The van der Waals surface area contributed by atoms with Crippen LogP contribution in [0.3, 0.4) is 0 Å². The summed E-state index contributed by atoms with van der Waals surface area (Å²) in [5, 5.41) is 13.0. The molecule has 0 fully saturated rings. The maximum atomic E-state index is 5.71. The Morgan fingerprint density at radius 2 is 2.33 bits per heavy atom. The summed E-state index contributed by atoms with van der Waals surface area (Å²) in [7, 11) is 4.01. The molecule has 0 aliphatic rings. The lowest BCUT2D eigenvalue weighted by atomic mass is 10.2. The van der Waals surface area contributed by atoms with E-state index >= 15 is 0 Å². The number of rotatable bonds is 6. The largest absolute Gasteiger partial charge is 0.323 e. The molecule has 1 unspecified atom stereocenters. The average Bonchev–Trinajstić information content (AvgIpc) is 2.62. The molecule has 0 amide bonds. The topological polar surface area (TPSA) is 72.9 Å². The van der Waals surface area contributed by atoms with E-state index in [-0.39, 0.29) is 6.04 Å². The van der Waals surface area contributed by atoms with E-state index in [0.29, 0.717) is 6.42 Å². The Morgan fingerprint density at radius 3 is 2.93 bits per heavy atom. The Labute approximate surface area is 94.4 Å². The van der Waals surface area contributed by atoms with Crippen LogP contribution in [0, 0.1) is 0 Å². The fourth-order valence-corrected chi connectivity index (χ4v) is 1.19. The Balaban J connectivity index is 2.56. The lowest BCUT2D eigenvalue weighted by Gasteiger charge is -2.10. The van der Waals surface area contributed by atoms with E-state index in [1.165, 1.54) is 5.37 Å². The molecule has 2 N–H and O–H groups in total. The summed E-state index contributed by atoms with van der Waals surface area (Å²) < 4.78 is 1.76. The maximum Gasteiger partial charge on any atom is 0.153 e. The van der Waals surface area contributed by atoms with E-state index in [4.69, 9.17) is 18.0 Å². The molecule has 7 heteroatoms. The molecule has 0 aliphatic heterocycles. The summed E-state index contributed by atoms with van der Waals surface area (Å²) in [6, 6.07) is -0.163. The van der Waals surface area contributed by atoms with E-state index in [1.807, 2.05) is 14.1 Å². The summed E-state index contributed by atoms with van der Waals surface area (Å²) in [5.41, 5.74) is 5.71. The summed E-state index contributed by atoms with van der Waals surface area (Å²) in [4.78, 5) is 2.07. The number of aromatic nitrogens is 4. The number of nitrogens with two attached hydrogens (primary N) is 1. The smallest absolute Gasteiger partial charge is 0.153 e. The van der Waals surface area contributed by atoms with Crippen molar-refractivity contribution in [1.29, 1.82) is 0 Å². The van der Waals surface area contributed by atoms with Gasteiger partial charge in [0.25, 0.3) is 0 Å². The van der Waals surface area contributed by atoms with Crippen LogP contribution in [0.4, 0.5) is 0 Å². The van der Waals surface area contributed by atoms with E-state index < -0.39 is 0 Å². The van der Waals surface area contributed by atoms with Gasteiger partial charge in [-0.3, -0.25) is 0 Å². The Bertz CT molecular complexity index is 310. The first-order valence-electron chi connectivity index (χ1n) is 4.74.